The summed E-state index contributed by atoms with van der Waals surface area (Å²) in [5.41, 5.74) is -0.292. The molecule has 1 aliphatic heterocycles. The number of benzene rings is 1. The molecule has 1 aromatic carbocycles. The summed E-state index contributed by atoms with van der Waals surface area (Å²) in [6.07, 6.45) is -3.56. The van der Waals surface area contributed by atoms with Crippen LogP contribution < -0.4 is 15.4 Å². The lowest BCUT2D eigenvalue weighted by atomic mass is 10.2. The molecule has 1 saturated heterocycles. The Hall–Kier alpha value is -2.07. The van der Waals surface area contributed by atoms with Gasteiger partial charge in [-0.3, -0.25) is 4.79 Å². The van der Waals surface area contributed by atoms with Crippen molar-refractivity contribution in [1.82, 2.24) is 10.3 Å². The molecule has 6 nitrogen and oxygen atoms in total. The van der Waals surface area contributed by atoms with Gasteiger partial charge in [-0.1, -0.05) is 0 Å². The minimum Gasteiger partial charge on any atom is -0.439 e. The predicted molar refractivity (Wildman–Crippen MR) is 101 cm³/mol. The molecule has 3 rings (SSSR count). The summed E-state index contributed by atoms with van der Waals surface area (Å²) in [4.78, 5) is 16.1. The van der Waals surface area contributed by atoms with E-state index in [1.54, 1.807) is 6.07 Å². The summed E-state index contributed by atoms with van der Waals surface area (Å²) in [6.45, 7) is 1.62. The van der Waals surface area contributed by atoms with Crippen LogP contribution in [0.5, 0.6) is 11.6 Å². The first-order valence-corrected chi connectivity index (χ1v) is 7.86. The van der Waals surface area contributed by atoms with Crippen LogP contribution in [0.15, 0.2) is 42.6 Å². The second-order valence-corrected chi connectivity index (χ2v) is 5.56. The third kappa shape index (κ3) is 6.52. The van der Waals surface area contributed by atoms with Gasteiger partial charge in [-0.15, -0.1) is 24.8 Å². The molecule has 2 heterocycles. The van der Waals surface area contributed by atoms with E-state index in [0.29, 0.717) is 25.4 Å². The molecule has 1 atom stereocenters. The molecule has 11 heteroatoms. The lowest BCUT2D eigenvalue weighted by Gasteiger charge is -2.22. The zero-order valence-electron chi connectivity index (χ0n) is 14.4. The monoisotopic (exact) mass is 439 g/mol. The summed E-state index contributed by atoms with van der Waals surface area (Å²) in [6, 6.07) is 7.39. The summed E-state index contributed by atoms with van der Waals surface area (Å²) in [7, 11) is 0. The number of anilines is 1. The molecule has 0 saturated carbocycles. The van der Waals surface area contributed by atoms with Crippen LogP contribution in [0, 0.1) is 0 Å². The van der Waals surface area contributed by atoms with Crippen LogP contribution >= 0.6 is 24.8 Å². The van der Waals surface area contributed by atoms with Crippen LogP contribution in [-0.2, 0) is 15.7 Å². The molecule has 2 N–H and O–H groups in total. The van der Waals surface area contributed by atoms with Gasteiger partial charge in [-0.05, 0) is 30.3 Å². The van der Waals surface area contributed by atoms with Crippen molar-refractivity contribution in [3.05, 3.63) is 48.2 Å². The Bertz CT molecular complexity index is 753. The average molecular weight is 440 g/mol. The number of nitrogens with one attached hydrogen (secondary N) is 2. The number of morpholine rings is 1. The van der Waals surface area contributed by atoms with Crippen LogP contribution in [0.4, 0.5) is 18.9 Å². The smallest absolute Gasteiger partial charge is 0.416 e. The molecule has 0 spiro atoms. The second kappa shape index (κ2) is 10.5. The molecule has 1 amide bonds. The van der Waals surface area contributed by atoms with E-state index in [2.05, 4.69) is 15.6 Å². The molecular formula is C17H18Cl2F3N3O3. The number of rotatable bonds is 4. The lowest BCUT2D eigenvalue weighted by Crippen LogP contribution is -2.45. The highest BCUT2D eigenvalue weighted by Crippen LogP contribution is 2.31. The number of nitrogens with zero attached hydrogens (tertiary/aromatic N) is 1. The van der Waals surface area contributed by atoms with Crippen LogP contribution in [0.1, 0.15) is 5.56 Å². The first kappa shape index (κ1) is 24.0. The molecule has 2 aromatic rings. The van der Waals surface area contributed by atoms with Gasteiger partial charge in [-0.25, -0.2) is 4.98 Å². The van der Waals surface area contributed by atoms with Gasteiger partial charge in [0, 0.05) is 19.2 Å². The maximum Gasteiger partial charge on any atom is 0.416 e. The van der Waals surface area contributed by atoms with Crippen LogP contribution in [-0.4, -0.2) is 36.7 Å². The number of halogens is 5. The standard InChI is InChI=1S/C17H16F3N3O3.2ClH/c18-17(19,20)11-1-4-13(5-2-11)26-15-6-3-12(9-22-15)23-16(24)14-10-21-7-8-25-14;;/h1-6,9,14,21H,7-8,10H2,(H,23,24);2*1H. The van der Waals surface area contributed by atoms with Gasteiger partial charge in [0.2, 0.25) is 5.88 Å². The van der Waals surface area contributed by atoms with Crippen molar-refractivity contribution in [3.8, 4) is 11.6 Å². The minimum absolute atomic E-state index is 0. The molecule has 1 unspecified atom stereocenters. The molecule has 154 valence electrons. The quantitative estimate of drug-likeness (QED) is 0.760. The topological polar surface area (TPSA) is 72.5 Å². The van der Waals surface area contributed by atoms with Crippen LogP contribution in [0.25, 0.3) is 0 Å². The van der Waals surface area contributed by atoms with Crippen molar-refractivity contribution in [2.75, 3.05) is 25.0 Å². The number of aromatic nitrogens is 1. The zero-order chi connectivity index (χ0) is 18.6. The predicted octanol–water partition coefficient (Wildman–Crippen LogP) is 3.66. The highest BCUT2D eigenvalue weighted by Gasteiger charge is 2.30. The fourth-order valence-corrected chi connectivity index (χ4v) is 2.30. The van der Waals surface area contributed by atoms with Crippen molar-refractivity contribution in [3.63, 3.8) is 0 Å². The van der Waals surface area contributed by atoms with E-state index in [-0.39, 0.29) is 42.4 Å². The van der Waals surface area contributed by atoms with E-state index in [0.717, 1.165) is 12.1 Å². The van der Waals surface area contributed by atoms with Crippen LogP contribution in [0.2, 0.25) is 0 Å². The van der Waals surface area contributed by atoms with E-state index in [4.69, 9.17) is 9.47 Å². The summed E-state index contributed by atoms with van der Waals surface area (Å²) < 4.78 is 48.3. The van der Waals surface area contributed by atoms with Crippen molar-refractivity contribution in [2.24, 2.45) is 0 Å². The Morgan fingerprint density at radius 1 is 1.18 bits per heavy atom. The Kier molecular flexibility index (Phi) is 8.96. The van der Waals surface area contributed by atoms with Gasteiger partial charge < -0.3 is 20.1 Å². The molecular weight excluding hydrogens is 422 g/mol. The first-order valence-electron chi connectivity index (χ1n) is 7.86. The first-order chi connectivity index (χ1) is 12.4. The number of alkyl halides is 3. The molecule has 1 aromatic heterocycles. The van der Waals surface area contributed by atoms with Gasteiger partial charge >= 0.3 is 6.18 Å². The number of pyridine rings is 1. The summed E-state index contributed by atoms with van der Waals surface area (Å²) in [5.74, 6) is 0.137. The van der Waals surface area contributed by atoms with E-state index in [1.165, 1.54) is 24.4 Å². The van der Waals surface area contributed by atoms with E-state index >= 15 is 0 Å². The number of ether oxygens (including phenoxy) is 2. The minimum atomic E-state index is -4.39. The largest absolute Gasteiger partial charge is 0.439 e. The molecule has 1 aliphatic rings. The average Bonchev–Trinajstić information content (AvgIpc) is 2.64. The second-order valence-electron chi connectivity index (χ2n) is 5.56. The van der Waals surface area contributed by atoms with E-state index < -0.39 is 17.8 Å². The maximum absolute atomic E-state index is 12.5. The SMILES string of the molecule is Cl.Cl.O=C(Nc1ccc(Oc2ccc(C(F)(F)F)cc2)nc1)C1CNCCO1. The van der Waals surface area contributed by atoms with Crippen molar-refractivity contribution >= 4 is 36.4 Å². The van der Waals surface area contributed by atoms with Gasteiger partial charge in [0.15, 0.2) is 0 Å². The zero-order valence-corrected chi connectivity index (χ0v) is 16.0. The van der Waals surface area contributed by atoms with E-state index in [1.807, 2.05) is 0 Å². The number of carbonyl (C=O) groups is 1. The van der Waals surface area contributed by atoms with Gasteiger partial charge in [0.05, 0.1) is 24.1 Å². The van der Waals surface area contributed by atoms with E-state index in [9.17, 15) is 18.0 Å². The maximum atomic E-state index is 12.5. The third-order valence-corrected chi connectivity index (χ3v) is 3.63. The number of hydrogen-bond acceptors (Lipinski definition) is 5. The highest BCUT2D eigenvalue weighted by molar-refractivity contribution is 5.94. The lowest BCUT2D eigenvalue weighted by molar-refractivity contribution is -0.137. The molecule has 0 bridgehead atoms. The Balaban J connectivity index is 0.00000196. The van der Waals surface area contributed by atoms with Crippen LogP contribution in [0.3, 0.4) is 0 Å². The highest BCUT2D eigenvalue weighted by atomic mass is 35.5. The Labute approximate surface area is 171 Å². The summed E-state index contributed by atoms with van der Waals surface area (Å²) in [5, 5.41) is 5.74. The van der Waals surface area contributed by atoms with Crippen molar-refractivity contribution in [1.29, 1.82) is 0 Å². The molecule has 28 heavy (non-hydrogen) atoms. The molecule has 0 radical (unpaired) electrons. The fraction of sp³-hybridized carbons (Fsp3) is 0.294. The molecule has 0 aliphatic carbocycles. The Morgan fingerprint density at radius 3 is 2.43 bits per heavy atom. The number of carbonyl (C=O) groups excluding carboxylic acids is 1. The van der Waals surface area contributed by atoms with Crippen molar-refractivity contribution < 1.29 is 27.4 Å². The van der Waals surface area contributed by atoms with Gasteiger partial charge in [-0.2, -0.15) is 13.2 Å². The fourth-order valence-electron chi connectivity index (χ4n) is 2.30. The van der Waals surface area contributed by atoms with Crippen molar-refractivity contribution in [2.45, 2.75) is 12.3 Å². The number of amides is 1. The molecule has 1 fully saturated rings. The Morgan fingerprint density at radius 2 is 1.89 bits per heavy atom. The van der Waals surface area contributed by atoms with Gasteiger partial charge in [0.25, 0.3) is 5.91 Å². The summed E-state index contributed by atoms with van der Waals surface area (Å²) >= 11 is 0. The third-order valence-electron chi connectivity index (χ3n) is 3.63. The normalized spacial score (nSPS) is 16.3. The number of hydrogen-bond donors (Lipinski definition) is 2. The van der Waals surface area contributed by atoms with Gasteiger partial charge in [0.1, 0.15) is 11.9 Å².